The van der Waals surface area contributed by atoms with Gasteiger partial charge in [0, 0.05) is 5.69 Å². The highest BCUT2D eigenvalue weighted by molar-refractivity contribution is 6.31. The average Bonchev–Trinajstić information content (AvgIpc) is 3.06. The van der Waals surface area contributed by atoms with Gasteiger partial charge in [0.1, 0.15) is 0 Å². The first-order valence-electron chi connectivity index (χ1n) is 10.9. The summed E-state index contributed by atoms with van der Waals surface area (Å²) in [6, 6.07) is 9.50. The minimum absolute atomic E-state index is 0.0452. The first-order valence-corrected chi connectivity index (χ1v) is 11.7. The summed E-state index contributed by atoms with van der Waals surface area (Å²) in [5.74, 6) is -3.54. The third-order valence-electron chi connectivity index (χ3n) is 6.08. The number of ether oxygens (including phenoxy) is 1. The summed E-state index contributed by atoms with van der Waals surface area (Å²) in [6.07, 6.45) is -3.97. The summed E-state index contributed by atoms with van der Waals surface area (Å²) in [7, 11) is 0. The van der Waals surface area contributed by atoms with Gasteiger partial charge in [-0.2, -0.15) is 13.2 Å². The van der Waals surface area contributed by atoms with Crippen molar-refractivity contribution in [3.05, 3.63) is 59.7 Å². The zero-order valence-corrected chi connectivity index (χ0v) is 19.9. The monoisotopic (exact) mass is 542 g/mol. The van der Waals surface area contributed by atoms with Crippen LogP contribution >= 0.6 is 23.2 Å². The molecule has 0 radical (unpaired) electrons. The van der Waals surface area contributed by atoms with Crippen LogP contribution in [0.3, 0.4) is 0 Å². The molecule has 0 aromatic heterocycles. The van der Waals surface area contributed by atoms with Gasteiger partial charge >= 0.3 is 12.1 Å². The first kappa shape index (κ1) is 26.0. The second kappa shape index (κ2) is 10.1. The van der Waals surface area contributed by atoms with Crippen LogP contribution in [-0.2, 0) is 25.3 Å². The molecule has 2 aromatic carbocycles. The molecular formula is C24H19Cl2F3N2O5. The van der Waals surface area contributed by atoms with Crippen molar-refractivity contribution in [1.82, 2.24) is 0 Å². The summed E-state index contributed by atoms with van der Waals surface area (Å²) in [5.41, 5.74) is -0.715. The van der Waals surface area contributed by atoms with Crippen molar-refractivity contribution in [1.29, 1.82) is 0 Å². The second-order valence-electron chi connectivity index (χ2n) is 8.48. The maximum atomic E-state index is 12.8. The smallest absolute Gasteiger partial charge is 0.416 e. The Labute approximate surface area is 213 Å². The zero-order chi connectivity index (χ0) is 26.2. The van der Waals surface area contributed by atoms with Crippen LogP contribution in [0.5, 0.6) is 0 Å². The van der Waals surface area contributed by atoms with Crippen molar-refractivity contribution in [2.75, 3.05) is 16.8 Å². The van der Waals surface area contributed by atoms with Gasteiger partial charge in [-0.1, -0.05) is 6.07 Å². The molecule has 0 bridgehead atoms. The fourth-order valence-corrected chi connectivity index (χ4v) is 4.87. The van der Waals surface area contributed by atoms with Crippen LogP contribution in [0.4, 0.5) is 24.5 Å². The van der Waals surface area contributed by atoms with E-state index in [0.29, 0.717) is 12.8 Å². The number of hydrogen-bond donors (Lipinski definition) is 1. The van der Waals surface area contributed by atoms with Crippen molar-refractivity contribution in [2.45, 2.75) is 29.8 Å². The van der Waals surface area contributed by atoms with Gasteiger partial charge in [-0.25, -0.2) is 4.79 Å². The van der Waals surface area contributed by atoms with E-state index in [0.717, 1.165) is 23.1 Å². The van der Waals surface area contributed by atoms with Crippen molar-refractivity contribution < 1.29 is 37.1 Å². The number of esters is 1. The van der Waals surface area contributed by atoms with Gasteiger partial charge in [0.05, 0.1) is 39.4 Å². The van der Waals surface area contributed by atoms with Gasteiger partial charge in [-0.15, -0.1) is 23.2 Å². The molecule has 4 rings (SSSR count). The van der Waals surface area contributed by atoms with Crippen LogP contribution in [0.15, 0.2) is 48.5 Å². The van der Waals surface area contributed by atoms with Crippen molar-refractivity contribution >= 4 is 58.3 Å². The molecule has 0 spiro atoms. The summed E-state index contributed by atoms with van der Waals surface area (Å²) >= 11 is 12.4. The van der Waals surface area contributed by atoms with Crippen molar-refractivity contribution in [2.24, 2.45) is 11.8 Å². The topological polar surface area (TPSA) is 92.8 Å². The van der Waals surface area contributed by atoms with Crippen LogP contribution in [-0.4, -0.2) is 41.1 Å². The highest BCUT2D eigenvalue weighted by atomic mass is 35.5. The van der Waals surface area contributed by atoms with E-state index in [1.54, 1.807) is 0 Å². The van der Waals surface area contributed by atoms with Crippen LogP contribution in [0, 0.1) is 11.8 Å². The fraction of sp³-hybridized carbons (Fsp3) is 0.333. The molecule has 2 aromatic rings. The molecule has 1 aliphatic heterocycles. The number of carbonyl (C=O) groups is 4. The van der Waals surface area contributed by atoms with E-state index in [1.807, 2.05) is 0 Å². The maximum Gasteiger partial charge on any atom is 0.416 e. The van der Waals surface area contributed by atoms with E-state index in [2.05, 4.69) is 5.32 Å². The van der Waals surface area contributed by atoms with E-state index in [1.165, 1.54) is 30.3 Å². The first-order chi connectivity index (χ1) is 17.0. The molecule has 1 aliphatic carbocycles. The number of amides is 3. The fourth-order valence-electron chi connectivity index (χ4n) is 4.28. The van der Waals surface area contributed by atoms with Crippen LogP contribution < -0.4 is 10.2 Å². The quantitative estimate of drug-likeness (QED) is 0.338. The number of halogens is 5. The van der Waals surface area contributed by atoms with Crippen molar-refractivity contribution in [3.63, 3.8) is 0 Å². The van der Waals surface area contributed by atoms with E-state index in [4.69, 9.17) is 27.9 Å². The Morgan fingerprint density at radius 1 is 0.972 bits per heavy atom. The number of rotatable bonds is 5. The number of nitrogens with zero attached hydrogens (tertiary/aromatic N) is 1. The van der Waals surface area contributed by atoms with E-state index < -0.39 is 52.8 Å². The molecule has 2 aliphatic rings. The van der Waals surface area contributed by atoms with E-state index >= 15 is 0 Å². The molecule has 3 amide bonds. The van der Waals surface area contributed by atoms with Crippen molar-refractivity contribution in [3.8, 4) is 0 Å². The number of benzene rings is 2. The Balaban J connectivity index is 1.35. The molecule has 2 fully saturated rings. The average molecular weight is 543 g/mol. The molecule has 190 valence electrons. The highest BCUT2D eigenvalue weighted by Crippen LogP contribution is 2.43. The maximum absolute atomic E-state index is 12.8. The normalized spacial score (nSPS) is 23.9. The Hall–Kier alpha value is -3.11. The lowest BCUT2D eigenvalue weighted by Crippen LogP contribution is -2.34. The Morgan fingerprint density at radius 3 is 2.11 bits per heavy atom. The largest absolute Gasteiger partial charge is 0.452 e. The highest BCUT2D eigenvalue weighted by Gasteiger charge is 2.52. The second-order valence-corrected chi connectivity index (χ2v) is 9.60. The van der Waals surface area contributed by atoms with Gasteiger partial charge in [0.15, 0.2) is 6.61 Å². The van der Waals surface area contributed by atoms with Crippen LogP contribution in [0.25, 0.3) is 0 Å². The Kier molecular flexibility index (Phi) is 7.28. The molecule has 1 heterocycles. The molecule has 1 saturated heterocycles. The molecule has 0 unspecified atom stereocenters. The number of carbonyl (C=O) groups excluding carboxylic acids is 4. The molecular weight excluding hydrogens is 524 g/mol. The van der Waals surface area contributed by atoms with Crippen LogP contribution in [0.2, 0.25) is 0 Å². The van der Waals surface area contributed by atoms with Gasteiger partial charge in [0.2, 0.25) is 11.8 Å². The lowest BCUT2D eigenvalue weighted by molar-refractivity contribution is -0.137. The molecule has 1 N–H and O–H groups in total. The van der Waals surface area contributed by atoms with Gasteiger partial charge < -0.3 is 10.1 Å². The summed E-state index contributed by atoms with van der Waals surface area (Å²) in [4.78, 5) is 51.0. The summed E-state index contributed by atoms with van der Waals surface area (Å²) in [6.45, 7) is -0.734. The lowest BCUT2D eigenvalue weighted by atomic mass is 9.80. The third kappa shape index (κ3) is 5.34. The molecule has 12 heteroatoms. The number of fused-ring (bicyclic) bond motifs is 1. The minimum atomic E-state index is -4.57. The van der Waals surface area contributed by atoms with Crippen LogP contribution in [0.1, 0.15) is 28.8 Å². The van der Waals surface area contributed by atoms with Gasteiger partial charge in [-0.05, 0) is 55.3 Å². The Bertz CT molecular complexity index is 1180. The molecule has 7 nitrogen and oxygen atoms in total. The summed E-state index contributed by atoms with van der Waals surface area (Å²) < 4.78 is 43.3. The minimum Gasteiger partial charge on any atom is -0.452 e. The number of imide groups is 1. The van der Waals surface area contributed by atoms with Gasteiger partial charge in [0.25, 0.3) is 5.91 Å². The Morgan fingerprint density at radius 2 is 1.56 bits per heavy atom. The van der Waals surface area contributed by atoms with Gasteiger partial charge in [-0.3, -0.25) is 19.3 Å². The standard InChI is InChI=1S/C24H19Cl2F3N2O5/c25-18-9-16-17(10-19(18)26)22(34)31(21(16)33)15-6-4-12(5-7-15)23(35)36-11-20(32)30-14-3-1-2-13(8-14)24(27,28)29/h1-8,16-19H,9-11H2,(H,30,32)/t16-,17-,18+,19+/m1/s1. The number of nitrogens with one attached hydrogen (secondary N) is 1. The predicted molar refractivity (Wildman–Crippen MR) is 125 cm³/mol. The molecule has 36 heavy (non-hydrogen) atoms. The number of hydrogen-bond acceptors (Lipinski definition) is 5. The molecule has 1 saturated carbocycles. The predicted octanol–water partition coefficient (Wildman–Crippen LogP) is 4.62. The lowest BCUT2D eigenvalue weighted by Gasteiger charge is -2.28. The number of anilines is 2. The van der Waals surface area contributed by atoms with E-state index in [-0.39, 0.29) is 28.8 Å². The third-order valence-corrected chi connectivity index (χ3v) is 7.17. The molecule has 4 atom stereocenters. The zero-order valence-electron chi connectivity index (χ0n) is 18.4. The summed E-state index contributed by atoms with van der Waals surface area (Å²) in [5, 5.41) is 1.41. The number of alkyl halides is 5. The SMILES string of the molecule is O=C(COC(=O)c1ccc(N2C(=O)[C@@H]3C[C@H](Cl)[C@@H](Cl)C[C@H]3C2=O)cc1)Nc1cccc(C(F)(F)F)c1. The van der Waals surface area contributed by atoms with E-state index in [9.17, 15) is 32.3 Å².